The van der Waals surface area contributed by atoms with Crippen molar-refractivity contribution >= 4 is 23.2 Å². The van der Waals surface area contributed by atoms with Crippen molar-refractivity contribution in [2.45, 2.75) is 18.7 Å². The van der Waals surface area contributed by atoms with Gasteiger partial charge in [-0.3, -0.25) is 19.3 Å². The fraction of sp³-hybridized carbons (Fsp3) is 0.231. The molecule has 0 spiro atoms. The monoisotopic (exact) mass is 427 g/mol. The third-order valence-corrected chi connectivity index (χ3v) is 6.15. The molecule has 3 aromatic carbocycles. The second-order valence-electron chi connectivity index (χ2n) is 8.39. The zero-order chi connectivity index (χ0) is 22.2. The summed E-state index contributed by atoms with van der Waals surface area (Å²) in [6.07, 6.45) is -0.829. The molecule has 2 fully saturated rings. The topological polar surface area (TPSA) is 53.1 Å². The number of rotatable bonds is 5. The third kappa shape index (κ3) is 3.42. The summed E-state index contributed by atoms with van der Waals surface area (Å²) in [6, 6.07) is 26.9. The highest BCUT2D eigenvalue weighted by atomic mass is 16.7. The molecule has 5 rings (SSSR count). The van der Waals surface area contributed by atoms with Gasteiger partial charge in [-0.2, -0.15) is 0 Å². The summed E-state index contributed by atoms with van der Waals surface area (Å²) in [5, 5.41) is 1.73. The Labute approximate surface area is 187 Å². The van der Waals surface area contributed by atoms with Crippen LogP contribution in [0.5, 0.6) is 0 Å². The van der Waals surface area contributed by atoms with E-state index in [-0.39, 0.29) is 18.4 Å². The summed E-state index contributed by atoms with van der Waals surface area (Å²) in [7, 11) is 3.97. The summed E-state index contributed by atoms with van der Waals surface area (Å²) in [5.74, 6) is -1.07. The molecule has 32 heavy (non-hydrogen) atoms. The quantitative estimate of drug-likeness (QED) is 0.580. The van der Waals surface area contributed by atoms with Gasteiger partial charge in [-0.05, 0) is 35.4 Å². The maximum Gasteiger partial charge on any atom is 0.262 e. The van der Waals surface area contributed by atoms with Crippen molar-refractivity contribution in [3.05, 3.63) is 96.1 Å². The van der Waals surface area contributed by atoms with E-state index < -0.39 is 18.1 Å². The molecule has 3 atom stereocenters. The highest BCUT2D eigenvalue weighted by molar-refractivity contribution is 6.07. The Bertz CT molecular complexity index is 1120. The average molecular weight is 428 g/mol. The van der Waals surface area contributed by atoms with Crippen LogP contribution in [0.2, 0.25) is 0 Å². The minimum Gasteiger partial charge on any atom is -0.378 e. The van der Waals surface area contributed by atoms with Crippen molar-refractivity contribution in [3.63, 3.8) is 0 Å². The van der Waals surface area contributed by atoms with Crippen LogP contribution in [0.3, 0.4) is 0 Å². The SMILES string of the molecule is CN(C)c1ccc(C2C3C(=O)N(Cc4ccccc4)C(=O)C3ON2c2ccccc2)cc1. The lowest BCUT2D eigenvalue weighted by atomic mass is 9.90. The van der Waals surface area contributed by atoms with Gasteiger partial charge in [0.25, 0.3) is 5.91 Å². The van der Waals surface area contributed by atoms with Gasteiger partial charge in [0, 0.05) is 19.8 Å². The van der Waals surface area contributed by atoms with Gasteiger partial charge in [-0.1, -0.05) is 60.7 Å². The van der Waals surface area contributed by atoms with E-state index in [0.717, 1.165) is 22.5 Å². The number of anilines is 2. The molecule has 0 radical (unpaired) electrons. The molecule has 6 nitrogen and oxygen atoms in total. The Morgan fingerprint density at radius 1 is 0.812 bits per heavy atom. The van der Waals surface area contributed by atoms with Gasteiger partial charge in [0.05, 0.1) is 18.3 Å². The number of benzene rings is 3. The third-order valence-electron chi connectivity index (χ3n) is 6.15. The van der Waals surface area contributed by atoms with Crippen molar-refractivity contribution in [3.8, 4) is 0 Å². The minimum atomic E-state index is -0.829. The van der Waals surface area contributed by atoms with Gasteiger partial charge >= 0.3 is 0 Å². The normalized spacial score (nSPS) is 22.4. The molecule has 162 valence electrons. The molecule has 0 N–H and O–H groups in total. The first-order valence-electron chi connectivity index (χ1n) is 10.7. The van der Waals surface area contributed by atoms with E-state index >= 15 is 0 Å². The van der Waals surface area contributed by atoms with Crippen LogP contribution in [0.15, 0.2) is 84.9 Å². The van der Waals surface area contributed by atoms with Crippen LogP contribution >= 0.6 is 0 Å². The number of amides is 2. The first kappa shape index (κ1) is 20.3. The summed E-state index contributed by atoms with van der Waals surface area (Å²) >= 11 is 0. The van der Waals surface area contributed by atoms with Crippen molar-refractivity contribution in [1.82, 2.24) is 4.90 Å². The fourth-order valence-electron chi connectivity index (χ4n) is 4.50. The van der Waals surface area contributed by atoms with Crippen molar-refractivity contribution in [1.29, 1.82) is 0 Å². The molecule has 2 heterocycles. The van der Waals surface area contributed by atoms with Crippen LogP contribution < -0.4 is 9.96 Å². The van der Waals surface area contributed by atoms with Crippen molar-refractivity contribution < 1.29 is 14.4 Å². The first-order chi connectivity index (χ1) is 15.5. The lowest BCUT2D eigenvalue weighted by Crippen LogP contribution is -2.36. The predicted molar refractivity (Wildman–Crippen MR) is 123 cm³/mol. The molecule has 2 aliphatic heterocycles. The van der Waals surface area contributed by atoms with Gasteiger partial charge < -0.3 is 4.90 Å². The zero-order valence-electron chi connectivity index (χ0n) is 18.1. The summed E-state index contributed by atoms with van der Waals surface area (Å²) in [6.45, 7) is 0.256. The van der Waals surface area contributed by atoms with Crippen LogP contribution in [0.1, 0.15) is 17.2 Å². The van der Waals surface area contributed by atoms with E-state index in [1.54, 1.807) is 5.06 Å². The van der Waals surface area contributed by atoms with E-state index in [4.69, 9.17) is 4.84 Å². The molecule has 0 bridgehead atoms. The Balaban J connectivity index is 1.51. The number of para-hydroxylation sites is 1. The maximum absolute atomic E-state index is 13.5. The maximum atomic E-state index is 13.5. The van der Waals surface area contributed by atoms with E-state index in [2.05, 4.69) is 0 Å². The largest absolute Gasteiger partial charge is 0.378 e. The van der Waals surface area contributed by atoms with Crippen molar-refractivity contribution in [2.24, 2.45) is 5.92 Å². The van der Waals surface area contributed by atoms with Crippen LogP contribution in [0.4, 0.5) is 11.4 Å². The van der Waals surface area contributed by atoms with Crippen LogP contribution in [0.25, 0.3) is 0 Å². The number of fused-ring (bicyclic) bond motifs is 1. The molecule has 0 aromatic heterocycles. The van der Waals surface area contributed by atoms with E-state index in [1.165, 1.54) is 4.90 Å². The van der Waals surface area contributed by atoms with Gasteiger partial charge in [-0.25, -0.2) is 5.06 Å². The van der Waals surface area contributed by atoms with E-state index in [0.29, 0.717) is 0 Å². The lowest BCUT2D eigenvalue weighted by Gasteiger charge is -2.29. The zero-order valence-corrected chi connectivity index (χ0v) is 18.1. The first-order valence-corrected chi connectivity index (χ1v) is 10.7. The molecular weight excluding hydrogens is 402 g/mol. The van der Waals surface area contributed by atoms with Gasteiger partial charge in [0.15, 0.2) is 6.10 Å². The lowest BCUT2D eigenvalue weighted by molar-refractivity contribution is -0.143. The molecule has 0 aliphatic carbocycles. The Hall–Kier alpha value is -3.64. The molecule has 2 amide bonds. The molecule has 0 saturated carbocycles. The molecule has 2 saturated heterocycles. The van der Waals surface area contributed by atoms with Crippen LogP contribution in [-0.4, -0.2) is 36.9 Å². The number of imide groups is 1. The van der Waals surface area contributed by atoms with Crippen LogP contribution in [0, 0.1) is 5.92 Å². The molecule has 2 aliphatic rings. The number of carbonyl (C=O) groups excluding carboxylic acids is 2. The second-order valence-corrected chi connectivity index (χ2v) is 8.39. The smallest absolute Gasteiger partial charge is 0.262 e. The van der Waals surface area contributed by atoms with Crippen LogP contribution in [-0.2, 0) is 21.0 Å². The summed E-state index contributed by atoms with van der Waals surface area (Å²) in [5.41, 5.74) is 3.74. The Morgan fingerprint density at radius 2 is 1.44 bits per heavy atom. The average Bonchev–Trinajstić information content (AvgIpc) is 3.32. The molecule has 6 heteroatoms. The predicted octanol–water partition coefficient (Wildman–Crippen LogP) is 3.80. The number of likely N-dealkylation sites (tertiary alicyclic amines) is 1. The number of hydrogen-bond acceptors (Lipinski definition) is 5. The second kappa shape index (κ2) is 8.13. The van der Waals surface area contributed by atoms with E-state index in [9.17, 15) is 9.59 Å². The highest BCUT2D eigenvalue weighted by Crippen LogP contribution is 2.47. The number of hydrogen-bond donors (Lipinski definition) is 0. The Morgan fingerprint density at radius 3 is 2.06 bits per heavy atom. The molecule has 3 unspecified atom stereocenters. The van der Waals surface area contributed by atoms with Gasteiger partial charge in [0.2, 0.25) is 5.91 Å². The molecule has 3 aromatic rings. The fourth-order valence-corrected chi connectivity index (χ4v) is 4.50. The summed E-state index contributed by atoms with van der Waals surface area (Å²) in [4.78, 5) is 36.3. The van der Waals surface area contributed by atoms with E-state index in [1.807, 2.05) is 104 Å². The highest BCUT2D eigenvalue weighted by Gasteiger charge is 2.59. The molecular formula is C26H25N3O3. The number of hydroxylamine groups is 1. The van der Waals surface area contributed by atoms with Gasteiger partial charge in [-0.15, -0.1) is 0 Å². The number of carbonyl (C=O) groups is 2. The minimum absolute atomic E-state index is 0.191. The van der Waals surface area contributed by atoms with Crippen molar-refractivity contribution in [2.75, 3.05) is 24.1 Å². The Kier molecular flexibility index (Phi) is 5.15. The van der Waals surface area contributed by atoms with Gasteiger partial charge in [0.1, 0.15) is 5.92 Å². The summed E-state index contributed by atoms with van der Waals surface area (Å²) < 4.78 is 0. The number of nitrogens with zero attached hydrogens (tertiary/aromatic N) is 3. The standard InChI is InChI=1S/C26H25N3O3/c1-27(2)20-15-13-19(14-16-20)23-22-24(32-29(23)21-11-7-4-8-12-21)26(31)28(25(22)30)17-18-9-5-3-6-10-18/h3-16,22-24H,17H2,1-2H3.